The Balaban J connectivity index is 2.10. The Morgan fingerprint density at radius 1 is 1.56 bits per heavy atom. The van der Waals surface area contributed by atoms with Gasteiger partial charge in [0.1, 0.15) is 5.82 Å². The van der Waals surface area contributed by atoms with Crippen LogP contribution in [0.1, 0.15) is 19.2 Å². The maximum Gasteiger partial charge on any atom is 0.108 e. The number of hydrogen-bond donors (Lipinski definition) is 1. The highest BCUT2D eigenvalue weighted by molar-refractivity contribution is 4.91. The van der Waals surface area contributed by atoms with Crippen LogP contribution in [0.15, 0.2) is 12.4 Å². The van der Waals surface area contributed by atoms with Crippen molar-refractivity contribution in [3.63, 3.8) is 0 Å². The second-order valence-electron chi connectivity index (χ2n) is 4.30. The van der Waals surface area contributed by atoms with E-state index in [1.165, 1.54) is 12.2 Å². The van der Waals surface area contributed by atoms with Gasteiger partial charge in [-0.25, -0.2) is 4.98 Å². The molecule has 1 aromatic rings. The maximum absolute atomic E-state index is 4.98. The van der Waals surface area contributed by atoms with Gasteiger partial charge in [-0.3, -0.25) is 0 Å². The molecule has 1 N–H and O–H groups in total. The zero-order valence-corrected chi connectivity index (χ0v) is 10.6. The molecule has 0 aliphatic carbocycles. The van der Waals surface area contributed by atoms with Gasteiger partial charge in [0.05, 0.1) is 6.61 Å². The third kappa shape index (κ3) is 4.77. The fraction of sp³-hybridized carbons (Fsp3) is 0.750. The van der Waals surface area contributed by atoms with Crippen molar-refractivity contribution in [1.82, 2.24) is 14.9 Å². The molecule has 0 radical (unpaired) electrons. The summed E-state index contributed by atoms with van der Waals surface area (Å²) in [5.74, 6) is 1.84. The summed E-state index contributed by atoms with van der Waals surface area (Å²) >= 11 is 0. The van der Waals surface area contributed by atoms with Crippen LogP contribution in [-0.4, -0.2) is 36.4 Å². The van der Waals surface area contributed by atoms with Crippen LogP contribution in [0.25, 0.3) is 0 Å². The average Bonchev–Trinajstić information content (AvgIpc) is 2.67. The summed E-state index contributed by atoms with van der Waals surface area (Å²) in [7, 11) is 3.77. The highest BCUT2D eigenvalue weighted by Gasteiger charge is 2.04. The van der Waals surface area contributed by atoms with Crippen molar-refractivity contribution in [1.29, 1.82) is 0 Å². The Kier molecular flexibility index (Phi) is 6.11. The Morgan fingerprint density at radius 3 is 3.00 bits per heavy atom. The molecule has 0 saturated heterocycles. The molecule has 1 unspecified atom stereocenters. The van der Waals surface area contributed by atoms with Crippen molar-refractivity contribution in [3.8, 4) is 0 Å². The predicted octanol–water partition coefficient (Wildman–Crippen LogP) is 1.22. The van der Waals surface area contributed by atoms with Gasteiger partial charge in [0.2, 0.25) is 0 Å². The van der Waals surface area contributed by atoms with Gasteiger partial charge in [-0.05, 0) is 18.9 Å². The molecule has 0 fully saturated rings. The Labute approximate surface area is 98.0 Å². The number of aromatic nitrogens is 2. The summed E-state index contributed by atoms with van der Waals surface area (Å²) in [5, 5.41) is 3.38. The molecule has 0 aromatic carbocycles. The van der Waals surface area contributed by atoms with E-state index in [9.17, 15) is 0 Å². The SMILES string of the molecule is COCCNCC(C)CCc1nccn1C. The van der Waals surface area contributed by atoms with Gasteiger partial charge in [-0.2, -0.15) is 0 Å². The summed E-state index contributed by atoms with van der Waals surface area (Å²) in [6.07, 6.45) is 6.08. The summed E-state index contributed by atoms with van der Waals surface area (Å²) in [4.78, 5) is 4.32. The molecule has 16 heavy (non-hydrogen) atoms. The minimum atomic E-state index is 0.675. The van der Waals surface area contributed by atoms with Crippen molar-refractivity contribution in [2.75, 3.05) is 26.8 Å². The third-order valence-corrected chi connectivity index (χ3v) is 2.76. The van der Waals surface area contributed by atoms with Crippen molar-refractivity contribution in [2.24, 2.45) is 13.0 Å². The van der Waals surface area contributed by atoms with Crippen molar-refractivity contribution in [2.45, 2.75) is 19.8 Å². The fourth-order valence-corrected chi connectivity index (χ4v) is 1.64. The lowest BCUT2D eigenvalue weighted by atomic mass is 10.1. The number of aryl methyl sites for hydroxylation is 2. The van der Waals surface area contributed by atoms with Crippen molar-refractivity contribution in [3.05, 3.63) is 18.2 Å². The van der Waals surface area contributed by atoms with E-state index in [-0.39, 0.29) is 0 Å². The smallest absolute Gasteiger partial charge is 0.108 e. The Morgan fingerprint density at radius 2 is 2.38 bits per heavy atom. The van der Waals surface area contributed by atoms with Crippen LogP contribution in [-0.2, 0) is 18.2 Å². The molecule has 0 aliphatic heterocycles. The Bertz CT molecular complexity index is 286. The molecule has 0 bridgehead atoms. The van der Waals surface area contributed by atoms with E-state index in [4.69, 9.17) is 4.74 Å². The third-order valence-electron chi connectivity index (χ3n) is 2.76. The van der Waals surface area contributed by atoms with E-state index in [1.807, 2.05) is 19.4 Å². The molecule has 1 rings (SSSR count). The minimum Gasteiger partial charge on any atom is -0.383 e. The molecular formula is C12H23N3O. The molecular weight excluding hydrogens is 202 g/mol. The zero-order valence-electron chi connectivity index (χ0n) is 10.6. The first-order valence-corrected chi connectivity index (χ1v) is 5.90. The number of hydrogen-bond acceptors (Lipinski definition) is 3. The molecule has 0 amide bonds. The van der Waals surface area contributed by atoms with Gasteiger partial charge in [0, 0.05) is 39.5 Å². The van der Waals surface area contributed by atoms with Gasteiger partial charge in [0.15, 0.2) is 0 Å². The lowest BCUT2D eigenvalue weighted by molar-refractivity contribution is 0.198. The van der Waals surface area contributed by atoms with Crippen LogP contribution < -0.4 is 5.32 Å². The van der Waals surface area contributed by atoms with E-state index in [0.717, 1.165) is 26.1 Å². The summed E-state index contributed by atoms with van der Waals surface area (Å²) in [6, 6.07) is 0. The molecule has 4 heteroatoms. The van der Waals surface area contributed by atoms with Gasteiger partial charge < -0.3 is 14.6 Å². The van der Waals surface area contributed by atoms with E-state index in [1.54, 1.807) is 7.11 Å². The molecule has 0 aliphatic rings. The first-order valence-electron chi connectivity index (χ1n) is 5.90. The average molecular weight is 225 g/mol. The zero-order chi connectivity index (χ0) is 11.8. The van der Waals surface area contributed by atoms with Crippen LogP contribution >= 0.6 is 0 Å². The predicted molar refractivity (Wildman–Crippen MR) is 65.4 cm³/mol. The van der Waals surface area contributed by atoms with Crippen molar-refractivity contribution < 1.29 is 4.74 Å². The first-order chi connectivity index (χ1) is 7.74. The van der Waals surface area contributed by atoms with Crippen LogP contribution in [0.2, 0.25) is 0 Å². The number of rotatable bonds is 8. The largest absolute Gasteiger partial charge is 0.383 e. The van der Waals surface area contributed by atoms with E-state index in [2.05, 4.69) is 21.8 Å². The number of nitrogens with one attached hydrogen (secondary N) is 1. The maximum atomic E-state index is 4.98. The summed E-state index contributed by atoms with van der Waals surface area (Å²) in [6.45, 7) is 5.03. The first kappa shape index (κ1) is 13.2. The fourth-order valence-electron chi connectivity index (χ4n) is 1.64. The minimum absolute atomic E-state index is 0.675. The molecule has 4 nitrogen and oxygen atoms in total. The number of nitrogens with zero attached hydrogens (tertiary/aromatic N) is 2. The molecule has 1 heterocycles. The van der Waals surface area contributed by atoms with E-state index >= 15 is 0 Å². The van der Waals surface area contributed by atoms with E-state index in [0.29, 0.717) is 5.92 Å². The van der Waals surface area contributed by atoms with Crippen molar-refractivity contribution >= 4 is 0 Å². The van der Waals surface area contributed by atoms with Gasteiger partial charge in [0.25, 0.3) is 0 Å². The van der Waals surface area contributed by atoms with Crippen LogP contribution in [0, 0.1) is 5.92 Å². The summed E-state index contributed by atoms with van der Waals surface area (Å²) < 4.78 is 7.07. The lowest BCUT2D eigenvalue weighted by Gasteiger charge is -2.12. The van der Waals surface area contributed by atoms with Crippen LogP contribution in [0.4, 0.5) is 0 Å². The molecule has 1 atom stereocenters. The lowest BCUT2D eigenvalue weighted by Crippen LogP contribution is -2.25. The highest BCUT2D eigenvalue weighted by Crippen LogP contribution is 2.06. The van der Waals surface area contributed by atoms with Gasteiger partial charge >= 0.3 is 0 Å². The van der Waals surface area contributed by atoms with Crippen LogP contribution in [0.5, 0.6) is 0 Å². The number of ether oxygens (including phenoxy) is 1. The number of imidazole rings is 1. The second-order valence-corrected chi connectivity index (χ2v) is 4.30. The Hall–Kier alpha value is -0.870. The standard InChI is InChI=1S/C12H23N3O/c1-11(10-13-7-9-16-3)4-5-12-14-6-8-15(12)2/h6,8,11,13H,4-5,7,9-10H2,1-3H3. The van der Waals surface area contributed by atoms with Gasteiger partial charge in [-0.15, -0.1) is 0 Å². The molecule has 0 saturated carbocycles. The normalized spacial score (nSPS) is 12.9. The molecule has 92 valence electrons. The molecule has 0 spiro atoms. The highest BCUT2D eigenvalue weighted by atomic mass is 16.5. The molecule has 1 aromatic heterocycles. The monoisotopic (exact) mass is 225 g/mol. The summed E-state index contributed by atoms with van der Waals surface area (Å²) in [5.41, 5.74) is 0. The number of methoxy groups -OCH3 is 1. The van der Waals surface area contributed by atoms with E-state index < -0.39 is 0 Å². The van der Waals surface area contributed by atoms with Gasteiger partial charge in [-0.1, -0.05) is 6.92 Å². The second kappa shape index (κ2) is 7.41. The van der Waals surface area contributed by atoms with Crippen LogP contribution in [0.3, 0.4) is 0 Å². The topological polar surface area (TPSA) is 39.1 Å². The quantitative estimate of drug-likeness (QED) is 0.676.